The lowest BCUT2D eigenvalue weighted by atomic mass is 10.1. The summed E-state index contributed by atoms with van der Waals surface area (Å²) >= 11 is 5.77. The van der Waals surface area contributed by atoms with E-state index in [9.17, 15) is 13.2 Å². The molecule has 1 aliphatic rings. The Labute approximate surface area is 115 Å². The van der Waals surface area contributed by atoms with Gasteiger partial charge < -0.3 is 5.73 Å². The number of amides is 1. The number of hydrogen-bond acceptors (Lipinski definition) is 5. The highest BCUT2D eigenvalue weighted by Crippen LogP contribution is 2.29. The number of nitrogens with two attached hydrogens (primary N) is 2. The second kappa shape index (κ2) is 4.95. The summed E-state index contributed by atoms with van der Waals surface area (Å²) in [6, 6.07) is 3.06. The number of nitrogen functional groups attached to an aromatic ring is 1. The van der Waals surface area contributed by atoms with Crippen molar-refractivity contribution >= 4 is 39.0 Å². The summed E-state index contributed by atoms with van der Waals surface area (Å²) in [7, 11) is -3.61. The summed E-state index contributed by atoms with van der Waals surface area (Å²) < 4.78 is 22.1. The zero-order valence-electron chi connectivity index (χ0n) is 9.91. The first-order valence-corrected chi connectivity index (χ1v) is 7.58. The number of sulfonamides is 1. The highest BCUT2D eigenvalue weighted by Gasteiger charge is 2.34. The lowest BCUT2D eigenvalue weighted by molar-refractivity contribution is -0.117. The first-order valence-electron chi connectivity index (χ1n) is 5.49. The molecule has 7 nitrogen and oxygen atoms in total. The Morgan fingerprint density at radius 2 is 2.16 bits per heavy atom. The lowest BCUT2D eigenvalue weighted by Gasteiger charge is -2.17. The van der Waals surface area contributed by atoms with Crippen molar-refractivity contribution < 1.29 is 13.2 Å². The predicted molar refractivity (Wildman–Crippen MR) is 72.1 cm³/mol. The molecule has 1 aromatic heterocycles. The average Bonchev–Trinajstić information content (AvgIpc) is 2.60. The summed E-state index contributed by atoms with van der Waals surface area (Å²) in [5.74, 6) is -0.581. The Bertz CT molecular complexity index is 619. The van der Waals surface area contributed by atoms with E-state index in [1.54, 1.807) is 6.07 Å². The van der Waals surface area contributed by atoms with Gasteiger partial charge in [0.1, 0.15) is 5.15 Å². The lowest BCUT2D eigenvalue weighted by Crippen LogP contribution is -2.28. The summed E-state index contributed by atoms with van der Waals surface area (Å²) in [5, 5.41) is 5.19. The molecule has 0 aliphatic carbocycles. The van der Waals surface area contributed by atoms with E-state index < -0.39 is 10.0 Å². The number of halogens is 1. The van der Waals surface area contributed by atoms with Crippen molar-refractivity contribution in [1.82, 2.24) is 4.98 Å². The maximum Gasteiger partial charge on any atom is 0.228 e. The van der Waals surface area contributed by atoms with Gasteiger partial charge in [0.2, 0.25) is 15.9 Å². The van der Waals surface area contributed by atoms with Gasteiger partial charge in [0.05, 0.1) is 11.4 Å². The van der Waals surface area contributed by atoms with E-state index in [0.717, 1.165) is 0 Å². The van der Waals surface area contributed by atoms with Gasteiger partial charge in [0.25, 0.3) is 0 Å². The van der Waals surface area contributed by atoms with E-state index in [1.807, 2.05) is 0 Å². The molecule has 0 bridgehead atoms. The van der Waals surface area contributed by atoms with Gasteiger partial charge >= 0.3 is 0 Å². The van der Waals surface area contributed by atoms with Gasteiger partial charge in [-0.2, -0.15) is 0 Å². The van der Waals surface area contributed by atoms with E-state index in [-0.39, 0.29) is 41.5 Å². The molecule has 2 heterocycles. The monoisotopic (exact) mass is 304 g/mol. The molecule has 1 unspecified atom stereocenters. The SMILES string of the molecule is Nc1ccc(Cl)nc1N1CC(CS(N)(=O)=O)CC1=O. The van der Waals surface area contributed by atoms with Gasteiger partial charge in [-0.15, -0.1) is 0 Å². The molecule has 1 aromatic rings. The molecule has 0 aromatic carbocycles. The van der Waals surface area contributed by atoms with Crippen LogP contribution in [0.2, 0.25) is 5.15 Å². The maximum absolute atomic E-state index is 11.9. The fourth-order valence-electron chi connectivity index (χ4n) is 2.08. The standard InChI is InChI=1S/C10H13ClN4O3S/c11-8-2-1-7(12)10(14-8)15-4-6(3-9(15)16)5-19(13,17)18/h1-2,6H,3-5,12H2,(H2,13,17,18). The fraction of sp³-hybridized carbons (Fsp3) is 0.400. The van der Waals surface area contributed by atoms with Crippen molar-refractivity contribution in [3.63, 3.8) is 0 Å². The van der Waals surface area contributed by atoms with Crippen LogP contribution in [0, 0.1) is 5.92 Å². The van der Waals surface area contributed by atoms with Gasteiger partial charge in [-0.3, -0.25) is 9.69 Å². The number of pyridine rings is 1. The zero-order valence-corrected chi connectivity index (χ0v) is 11.5. The highest BCUT2D eigenvalue weighted by atomic mass is 35.5. The van der Waals surface area contributed by atoms with Crippen molar-refractivity contribution in [2.75, 3.05) is 22.9 Å². The summed E-state index contributed by atoms with van der Waals surface area (Å²) in [6.07, 6.45) is 0.101. The molecule has 2 rings (SSSR count). The van der Waals surface area contributed by atoms with Crippen LogP contribution in [0.25, 0.3) is 0 Å². The molecule has 0 spiro atoms. The van der Waals surface area contributed by atoms with Crippen LogP contribution >= 0.6 is 11.6 Å². The maximum atomic E-state index is 11.9. The van der Waals surface area contributed by atoms with Crippen molar-refractivity contribution in [3.05, 3.63) is 17.3 Å². The number of carbonyl (C=O) groups is 1. The number of anilines is 2. The van der Waals surface area contributed by atoms with Gasteiger partial charge in [0, 0.05) is 18.9 Å². The zero-order chi connectivity index (χ0) is 14.2. The van der Waals surface area contributed by atoms with Crippen molar-refractivity contribution in [1.29, 1.82) is 0 Å². The molecule has 0 saturated carbocycles. The van der Waals surface area contributed by atoms with Crippen molar-refractivity contribution in [2.24, 2.45) is 11.1 Å². The molecule has 104 valence electrons. The molecule has 19 heavy (non-hydrogen) atoms. The quantitative estimate of drug-likeness (QED) is 0.759. The normalized spacial score (nSPS) is 20.0. The van der Waals surface area contributed by atoms with Gasteiger partial charge in [0.15, 0.2) is 5.82 Å². The molecule has 1 aliphatic heterocycles. The first kappa shape index (κ1) is 14.0. The number of carbonyl (C=O) groups excluding carboxylic acids is 1. The number of aromatic nitrogens is 1. The van der Waals surface area contributed by atoms with Crippen LogP contribution in [0.5, 0.6) is 0 Å². The third-order valence-corrected chi connectivity index (χ3v) is 3.95. The Morgan fingerprint density at radius 3 is 2.79 bits per heavy atom. The third-order valence-electron chi connectivity index (χ3n) is 2.80. The summed E-state index contributed by atoms with van der Waals surface area (Å²) in [6.45, 7) is 0.215. The molecule has 1 amide bonds. The number of rotatable bonds is 3. The number of nitrogens with zero attached hydrogens (tertiary/aromatic N) is 2. The largest absolute Gasteiger partial charge is 0.396 e. The van der Waals surface area contributed by atoms with Gasteiger partial charge in [-0.05, 0) is 12.1 Å². The van der Waals surface area contributed by atoms with Crippen LogP contribution in [-0.2, 0) is 14.8 Å². The topological polar surface area (TPSA) is 119 Å². The third kappa shape index (κ3) is 3.34. The van der Waals surface area contributed by atoms with Crippen LogP contribution < -0.4 is 15.8 Å². The molecule has 9 heteroatoms. The van der Waals surface area contributed by atoms with Gasteiger partial charge in [-0.1, -0.05) is 11.6 Å². The Balaban J connectivity index is 2.23. The predicted octanol–water partition coefficient (Wildman–Crippen LogP) is -0.0414. The van der Waals surface area contributed by atoms with E-state index >= 15 is 0 Å². The molecule has 1 fully saturated rings. The van der Waals surface area contributed by atoms with Gasteiger partial charge in [-0.25, -0.2) is 18.5 Å². The Morgan fingerprint density at radius 1 is 1.47 bits per heavy atom. The van der Waals surface area contributed by atoms with E-state index in [4.69, 9.17) is 22.5 Å². The molecule has 0 radical (unpaired) electrons. The Hall–Kier alpha value is -1.38. The summed E-state index contributed by atoms with van der Waals surface area (Å²) in [4.78, 5) is 17.2. The minimum absolute atomic E-state index is 0.101. The van der Waals surface area contributed by atoms with Crippen LogP contribution in [0.4, 0.5) is 11.5 Å². The van der Waals surface area contributed by atoms with Crippen LogP contribution in [0.15, 0.2) is 12.1 Å². The molecular formula is C10H13ClN4O3S. The Kier molecular flexibility index (Phi) is 3.66. The van der Waals surface area contributed by atoms with E-state index in [0.29, 0.717) is 5.69 Å². The van der Waals surface area contributed by atoms with E-state index in [1.165, 1.54) is 11.0 Å². The first-order chi connectivity index (χ1) is 8.76. The molecule has 4 N–H and O–H groups in total. The second-order valence-electron chi connectivity index (χ2n) is 4.45. The second-order valence-corrected chi connectivity index (χ2v) is 6.50. The molecule has 1 atom stereocenters. The van der Waals surface area contributed by atoms with Crippen LogP contribution in [-0.4, -0.2) is 31.6 Å². The van der Waals surface area contributed by atoms with Crippen molar-refractivity contribution in [3.8, 4) is 0 Å². The number of hydrogen-bond donors (Lipinski definition) is 2. The van der Waals surface area contributed by atoms with E-state index in [2.05, 4.69) is 4.98 Å². The highest BCUT2D eigenvalue weighted by molar-refractivity contribution is 7.89. The smallest absolute Gasteiger partial charge is 0.228 e. The average molecular weight is 305 g/mol. The number of primary sulfonamides is 1. The fourth-order valence-corrected chi connectivity index (χ4v) is 3.10. The van der Waals surface area contributed by atoms with Crippen LogP contribution in [0.1, 0.15) is 6.42 Å². The molecular weight excluding hydrogens is 292 g/mol. The van der Waals surface area contributed by atoms with Crippen LogP contribution in [0.3, 0.4) is 0 Å². The minimum atomic E-state index is -3.61. The summed E-state index contributed by atoms with van der Waals surface area (Å²) in [5.41, 5.74) is 6.06. The minimum Gasteiger partial charge on any atom is -0.396 e. The molecule has 1 saturated heterocycles. The van der Waals surface area contributed by atoms with Crippen molar-refractivity contribution in [2.45, 2.75) is 6.42 Å².